The van der Waals surface area contributed by atoms with Crippen molar-refractivity contribution >= 4 is 11.6 Å². The first kappa shape index (κ1) is 9.14. The average molecular weight is 183 g/mol. The molecule has 1 aromatic rings. The Morgan fingerprint density at radius 3 is 2.50 bits per heavy atom. The van der Waals surface area contributed by atoms with Crippen LogP contribution in [0.25, 0.3) is 0 Å². The third kappa shape index (κ3) is 2.97. The molecule has 0 aromatic heterocycles. The molecule has 1 rings (SSSR count). The lowest BCUT2D eigenvalue weighted by Gasteiger charge is -2.04. The van der Waals surface area contributed by atoms with Gasteiger partial charge >= 0.3 is 0 Å². The van der Waals surface area contributed by atoms with E-state index in [0.717, 1.165) is 16.3 Å². The predicted molar refractivity (Wildman–Crippen MR) is 51.1 cm³/mol. The molecule has 1 nitrogen and oxygen atoms in total. The molecular formula is C10H11ClO. The van der Waals surface area contributed by atoms with Gasteiger partial charge in [-0.25, -0.2) is 0 Å². The van der Waals surface area contributed by atoms with E-state index in [9.17, 15) is 0 Å². The minimum Gasteiger partial charge on any atom is -0.494 e. The van der Waals surface area contributed by atoms with Gasteiger partial charge in [-0.2, -0.15) is 0 Å². The molecule has 0 unspecified atom stereocenters. The van der Waals surface area contributed by atoms with Crippen LogP contribution < -0.4 is 0 Å². The van der Waals surface area contributed by atoms with Crippen LogP contribution in [0, 0.1) is 0 Å². The maximum absolute atomic E-state index is 5.72. The first-order valence-electron chi connectivity index (χ1n) is 3.71. The first-order chi connectivity index (χ1) is 5.68. The van der Waals surface area contributed by atoms with E-state index in [1.165, 1.54) is 0 Å². The molecule has 0 N–H and O–H groups in total. The molecule has 2 heteroatoms. The van der Waals surface area contributed by atoms with Gasteiger partial charge in [0.25, 0.3) is 0 Å². The second-order valence-electron chi connectivity index (χ2n) is 2.62. The molecule has 0 aliphatic heterocycles. The second-order valence-corrected chi connectivity index (χ2v) is 3.05. The highest BCUT2D eigenvalue weighted by molar-refractivity contribution is 6.30. The summed E-state index contributed by atoms with van der Waals surface area (Å²) in [5.74, 6) is 0.727. The fraction of sp³-hybridized carbons (Fsp3) is 0.200. The Kier molecular flexibility index (Phi) is 3.18. The summed E-state index contributed by atoms with van der Waals surface area (Å²) in [5.41, 5.74) is 1.10. The number of halogens is 1. The fourth-order valence-corrected chi connectivity index (χ4v) is 0.913. The van der Waals surface area contributed by atoms with Crippen LogP contribution in [-0.4, -0.2) is 0 Å². The monoisotopic (exact) mass is 182 g/mol. The van der Waals surface area contributed by atoms with Crippen LogP contribution in [0.4, 0.5) is 0 Å². The molecule has 0 radical (unpaired) electrons. The minimum atomic E-state index is 0.562. The van der Waals surface area contributed by atoms with E-state index < -0.39 is 0 Å². The van der Waals surface area contributed by atoms with Crippen LogP contribution in [0.3, 0.4) is 0 Å². The van der Waals surface area contributed by atoms with Gasteiger partial charge in [0.2, 0.25) is 0 Å². The first-order valence-corrected chi connectivity index (χ1v) is 4.09. The SMILES string of the molecule is C=C(C)OCc1ccc(Cl)cc1. The highest BCUT2D eigenvalue weighted by Crippen LogP contribution is 2.10. The topological polar surface area (TPSA) is 9.23 Å². The third-order valence-corrected chi connectivity index (χ3v) is 1.65. The molecule has 0 aliphatic carbocycles. The van der Waals surface area contributed by atoms with Gasteiger partial charge in [-0.05, 0) is 24.6 Å². The lowest BCUT2D eigenvalue weighted by atomic mass is 10.2. The van der Waals surface area contributed by atoms with Crippen LogP contribution in [0.2, 0.25) is 5.02 Å². The molecule has 12 heavy (non-hydrogen) atoms. The molecule has 0 fully saturated rings. The molecule has 0 heterocycles. The van der Waals surface area contributed by atoms with Crippen LogP contribution in [0.5, 0.6) is 0 Å². The molecule has 1 aromatic carbocycles. The summed E-state index contributed by atoms with van der Waals surface area (Å²) in [6, 6.07) is 7.56. The smallest absolute Gasteiger partial charge is 0.113 e. The molecule has 0 amide bonds. The molecule has 0 bridgehead atoms. The van der Waals surface area contributed by atoms with Crippen molar-refractivity contribution in [3.63, 3.8) is 0 Å². The van der Waals surface area contributed by atoms with Crippen LogP contribution >= 0.6 is 11.6 Å². The largest absolute Gasteiger partial charge is 0.494 e. The molecule has 0 aliphatic rings. The zero-order valence-electron chi connectivity index (χ0n) is 7.01. The standard InChI is InChI=1S/C10H11ClO/c1-8(2)12-7-9-3-5-10(11)6-4-9/h3-6H,1,7H2,2H3. The lowest BCUT2D eigenvalue weighted by molar-refractivity contribution is 0.202. The van der Waals surface area contributed by atoms with Gasteiger partial charge in [-0.3, -0.25) is 0 Å². The number of hydrogen-bond acceptors (Lipinski definition) is 1. The second kappa shape index (κ2) is 4.17. The van der Waals surface area contributed by atoms with Crippen molar-refractivity contribution < 1.29 is 4.74 Å². The highest BCUT2D eigenvalue weighted by atomic mass is 35.5. The van der Waals surface area contributed by atoms with E-state index in [1.54, 1.807) is 0 Å². The quantitative estimate of drug-likeness (QED) is 0.652. The summed E-state index contributed by atoms with van der Waals surface area (Å²) < 4.78 is 5.23. The van der Waals surface area contributed by atoms with Gasteiger partial charge < -0.3 is 4.74 Å². The van der Waals surface area contributed by atoms with Crippen molar-refractivity contribution in [2.75, 3.05) is 0 Å². The van der Waals surface area contributed by atoms with Crippen molar-refractivity contribution in [2.24, 2.45) is 0 Å². The Morgan fingerprint density at radius 1 is 1.42 bits per heavy atom. The van der Waals surface area contributed by atoms with Crippen LogP contribution in [0.1, 0.15) is 12.5 Å². The summed E-state index contributed by atoms with van der Waals surface area (Å²) in [5, 5.41) is 0.745. The number of rotatable bonds is 3. The summed E-state index contributed by atoms with van der Waals surface area (Å²) in [4.78, 5) is 0. The number of allylic oxidation sites excluding steroid dienone is 1. The van der Waals surface area contributed by atoms with E-state index >= 15 is 0 Å². The lowest BCUT2D eigenvalue weighted by Crippen LogP contribution is -1.88. The summed E-state index contributed by atoms with van der Waals surface area (Å²) in [6.45, 7) is 6.03. The third-order valence-electron chi connectivity index (χ3n) is 1.40. The zero-order chi connectivity index (χ0) is 8.97. The van der Waals surface area contributed by atoms with Crippen molar-refractivity contribution in [2.45, 2.75) is 13.5 Å². The van der Waals surface area contributed by atoms with Crippen LogP contribution in [-0.2, 0) is 11.3 Å². The van der Waals surface area contributed by atoms with Gasteiger partial charge in [-0.15, -0.1) is 0 Å². The number of ether oxygens (including phenoxy) is 1. The number of benzene rings is 1. The van der Waals surface area contributed by atoms with Gasteiger partial charge in [0.05, 0.1) is 5.76 Å². The molecule has 0 atom stereocenters. The Morgan fingerprint density at radius 2 is 2.00 bits per heavy atom. The Bertz CT molecular complexity index is 264. The van der Waals surface area contributed by atoms with Crippen molar-refractivity contribution in [3.05, 3.63) is 47.2 Å². The molecule has 64 valence electrons. The van der Waals surface area contributed by atoms with Gasteiger partial charge in [0.15, 0.2) is 0 Å². The Hall–Kier alpha value is -0.950. The average Bonchev–Trinajstić information content (AvgIpc) is 2.03. The summed E-state index contributed by atoms with van der Waals surface area (Å²) in [6.07, 6.45) is 0. The molecule has 0 saturated carbocycles. The van der Waals surface area contributed by atoms with E-state index in [2.05, 4.69) is 6.58 Å². The van der Waals surface area contributed by atoms with Crippen LogP contribution in [0.15, 0.2) is 36.6 Å². The molecule has 0 saturated heterocycles. The predicted octanol–water partition coefficient (Wildman–Crippen LogP) is 3.39. The zero-order valence-corrected chi connectivity index (χ0v) is 7.77. The molecular weight excluding hydrogens is 172 g/mol. The maximum Gasteiger partial charge on any atom is 0.113 e. The summed E-state index contributed by atoms with van der Waals surface area (Å²) >= 11 is 5.72. The van der Waals surface area contributed by atoms with Gasteiger partial charge in [0.1, 0.15) is 6.61 Å². The minimum absolute atomic E-state index is 0.562. The van der Waals surface area contributed by atoms with E-state index in [1.807, 2.05) is 31.2 Å². The van der Waals surface area contributed by atoms with Crippen molar-refractivity contribution in [1.82, 2.24) is 0 Å². The Labute approximate surface area is 77.6 Å². The molecule has 0 spiro atoms. The van der Waals surface area contributed by atoms with Crippen molar-refractivity contribution in [3.8, 4) is 0 Å². The van der Waals surface area contributed by atoms with Gasteiger partial charge in [0, 0.05) is 5.02 Å². The fourth-order valence-electron chi connectivity index (χ4n) is 0.787. The Balaban J connectivity index is 2.53. The maximum atomic E-state index is 5.72. The highest BCUT2D eigenvalue weighted by Gasteiger charge is 1.92. The van der Waals surface area contributed by atoms with Crippen molar-refractivity contribution in [1.29, 1.82) is 0 Å². The normalized spacial score (nSPS) is 9.50. The van der Waals surface area contributed by atoms with E-state index in [4.69, 9.17) is 16.3 Å². The summed E-state index contributed by atoms with van der Waals surface area (Å²) in [7, 11) is 0. The number of hydrogen-bond donors (Lipinski definition) is 0. The van der Waals surface area contributed by atoms with E-state index in [-0.39, 0.29) is 0 Å². The van der Waals surface area contributed by atoms with Gasteiger partial charge in [-0.1, -0.05) is 30.3 Å². The van der Waals surface area contributed by atoms with E-state index in [0.29, 0.717) is 6.61 Å².